The minimum absolute atomic E-state index is 0.0686. The van der Waals surface area contributed by atoms with E-state index in [0.717, 1.165) is 10.5 Å². The average Bonchev–Trinajstić information content (AvgIpc) is 2.93. The van der Waals surface area contributed by atoms with E-state index in [0.29, 0.717) is 6.42 Å². The number of imide groups is 1. The molecule has 1 aliphatic rings. The number of rotatable bonds is 5. The maximum atomic E-state index is 12.6. The topological polar surface area (TPSA) is 46.6 Å². The second-order valence-electron chi connectivity index (χ2n) is 4.74. The van der Waals surface area contributed by atoms with Gasteiger partial charge in [0.05, 0.1) is 6.04 Å². The third-order valence-electron chi connectivity index (χ3n) is 3.20. The highest BCUT2D eigenvalue weighted by atomic mass is 16.6. The number of carbonyl (C=O) groups is 2. The summed E-state index contributed by atoms with van der Waals surface area (Å²) in [6.45, 7) is -3.03. The molecule has 4 heteroatoms. The van der Waals surface area contributed by atoms with Crippen LogP contribution in [0.4, 0.5) is 4.79 Å². The zero-order valence-corrected chi connectivity index (χ0v) is 11.1. The first-order chi connectivity index (χ1) is 11.8. The van der Waals surface area contributed by atoms with E-state index in [1.807, 2.05) is 30.3 Å². The molecule has 4 nitrogen and oxygen atoms in total. The van der Waals surface area contributed by atoms with Crippen molar-refractivity contribution in [3.63, 3.8) is 0 Å². The van der Waals surface area contributed by atoms with Crippen LogP contribution >= 0.6 is 0 Å². The molecule has 1 aromatic rings. The molecule has 1 aliphatic heterocycles. The highest BCUT2D eigenvalue weighted by Crippen LogP contribution is 2.20. The molecule has 0 bridgehead atoms. The van der Waals surface area contributed by atoms with Crippen LogP contribution in [0.2, 0.25) is 0 Å². The van der Waals surface area contributed by atoms with E-state index >= 15 is 0 Å². The van der Waals surface area contributed by atoms with Gasteiger partial charge in [0, 0.05) is 13.3 Å². The molecule has 3 atom stereocenters. The lowest BCUT2D eigenvalue weighted by Crippen LogP contribution is -2.40. The molecule has 108 valence electrons. The second-order valence-corrected chi connectivity index (χ2v) is 4.74. The highest BCUT2D eigenvalue weighted by Gasteiger charge is 2.37. The maximum absolute atomic E-state index is 12.6. The molecule has 0 radical (unpaired) electrons. The van der Waals surface area contributed by atoms with Gasteiger partial charge in [-0.05, 0) is 17.9 Å². The van der Waals surface area contributed by atoms with Gasteiger partial charge in [-0.25, -0.2) is 9.69 Å². The number of ether oxygens (including phenoxy) is 1. The van der Waals surface area contributed by atoms with E-state index in [-0.39, 0.29) is 6.61 Å². The van der Waals surface area contributed by atoms with Crippen LogP contribution in [0, 0.1) is 5.92 Å². The van der Waals surface area contributed by atoms with Gasteiger partial charge in [-0.15, -0.1) is 0 Å². The number of nitrogens with zero attached hydrogens (tertiary/aromatic N) is 1. The van der Waals surface area contributed by atoms with Crippen molar-refractivity contribution < 1.29 is 21.2 Å². The molecule has 0 unspecified atom stereocenters. The predicted octanol–water partition coefficient (Wildman–Crippen LogP) is 3.01. The van der Waals surface area contributed by atoms with Crippen molar-refractivity contribution in [3.8, 4) is 0 Å². The zero-order valence-electron chi connectivity index (χ0n) is 16.1. The Labute approximate surface area is 126 Å². The smallest absolute Gasteiger partial charge is 0.416 e. The Hall–Kier alpha value is -1.84. The van der Waals surface area contributed by atoms with Crippen molar-refractivity contribution >= 4 is 12.0 Å². The van der Waals surface area contributed by atoms with Gasteiger partial charge in [-0.2, -0.15) is 0 Å². The molecule has 0 N–H and O–H groups in total. The zero-order chi connectivity index (χ0) is 18.6. The van der Waals surface area contributed by atoms with E-state index in [4.69, 9.17) is 11.6 Å². The van der Waals surface area contributed by atoms with Crippen molar-refractivity contribution in [2.75, 3.05) is 6.61 Å². The fourth-order valence-corrected chi connectivity index (χ4v) is 2.17. The normalized spacial score (nSPS) is 25.3. The lowest BCUT2D eigenvalue weighted by molar-refractivity contribution is -0.130. The van der Waals surface area contributed by atoms with Gasteiger partial charge in [-0.3, -0.25) is 4.79 Å². The molecule has 0 saturated carbocycles. The number of amides is 2. The number of hydrogen-bond acceptors (Lipinski definition) is 3. The largest absolute Gasteiger partial charge is 0.447 e. The molecule has 1 aromatic carbocycles. The minimum atomic E-state index is -1.57. The summed E-state index contributed by atoms with van der Waals surface area (Å²) in [5.74, 6) is -1.74. The molecule has 2 amide bonds. The fraction of sp³-hybridized carbons (Fsp3) is 0.500. The van der Waals surface area contributed by atoms with E-state index in [2.05, 4.69) is 0 Å². The van der Waals surface area contributed by atoms with Gasteiger partial charge in [-0.1, -0.05) is 50.5 Å². The first kappa shape index (κ1) is 9.16. The van der Waals surface area contributed by atoms with Crippen molar-refractivity contribution in [1.29, 1.82) is 0 Å². The van der Waals surface area contributed by atoms with Gasteiger partial charge < -0.3 is 4.74 Å². The summed E-state index contributed by atoms with van der Waals surface area (Å²) >= 11 is 0. The number of cyclic esters (lactones) is 1. The number of benzene rings is 1. The van der Waals surface area contributed by atoms with Crippen LogP contribution in [0.15, 0.2) is 30.3 Å². The Morgan fingerprint density at radius 2 is 2.35 bits per heavy atom. The van der Waals surface area contributed by atoms with Crippen LogP contribution in [-0.4, -0.2) is 29.5 Å². The Morgan fingerprint density at radius 1 is 1.55 bits per heavy atom. The standard InChI is InChI=1S/C16H21NO3/c1-3-12(2)9-15(18)17-14(11-20-16(17)19)10-13-7-5-4-6-8-13/h4-8,12,14H,3,9-11H2,1-2H3/t12-,14+/m0/s1/i1D2,2D2,3D/t3-,12+,14-/m1. The van der Waals surface area contributed by atoms with Crippen LogP contribution in [0.5, 0.6) is 0 Å². The SMILES string of the molecule is [2H]C([2H])[C@@H]([2H])[C@@H](CC(=O)N1C(=O)OC[C@H]1Cc1ccccc1)C([2H])[2H]. The van der Waals surface area contributed by atoms with Gasteiger partial charge in [0.2, 0.25) is 5.91 Å². The van der Waals surface area contributed by atoms with Crippen molar-refractivity contribution in [2.24, 2.45) is 5.92 Å². The van der Waals surface area contributed by atoms with Gasteiger partial charge in [0.25, 0.3) is 0 Å². The second kappa shape index (κ2) is 6.55. The van der Waals surface area contributed by atoms with Crippen molar-refractivity contribution in [1.82, 2.24) is 4.90 Å². The van der Waals surface area contributed by atoms with E-state index < -0.39 is 50.5 Å². The summed E-state index contributed by atoms with van der Waals surface area (Å²) in [6.07, 6.45) is -2.11. The van der Waals surface area contributed by atoms with Gasteiger partial charge >= 0.3 is 6.09 Å². The van der Waals surface area contributed by atoms with E-state index in [1.165, 1.54) is 0 Å². The lowest BCUT2D eigenvalue weighted by Gasteiger charge is -2.21. The van der Waals surface area contributed by atoms with E-state index in [1.54, 1.807) is 0 Å². The third kappa shape index (κ3) is 3.38. The summed E-state index contributed by atoms with van der Waals surface area (Å²) in [7, 11) is 0. The molecular formula is C16H21NO3. The molecule has 1 heterocycles. The molecule has 2 rings (SSSR count). The Balaban J connectivity index is 2.10. The van der Waals surface area contributed by atoms with Crippen molar-refractivity contribution in [3.05, 3.63) is 35.9 Å². The summed E-state index contributed by atoms with van der Waals surface area (Å²) in [4.78, 5) is 25.5. The molecular weight excluding hydrogens is 254 g/mol. The van der Waals surface area contributed by atoms with Crippen LogP contribution in [0.25, 0.3) is 0 Å². The first-order valence-electron chi connectivity index (χ1n) is 9.34. The first-order valence-corrected chi connectivity index (χ1v) is 6.45. The van der Waals surface area contributed by atoms with Crippen LogP contribution in [0.3, 0.4) is 0 Å². The Bertz CT molecular complexity index is 599. The highest BCUT2D eigenvalue weighted by molar-refractivity contribution is 5.93. The summed E-state index contributed by atoms with van der Waals surface area (Å²) in [6, 6.07) is 8.85. The summed E-state index contributed by atoms with van der Waals surface area (Å²) in [5, 5.41) is 0. The minimum Gasteiger partial charge on any atom is -0.447 e. The molecule has 0 spiro atoms. The molecule has 0 aromatic heterocycles. The van der Waals surface area contributed by atoms with Gasteiger partial charge in [0.15, 0.2) is 0 Å². The van der Waals surface area contributed by atoms with Crippen molar-refractivity contribution in [2.45, 2.75) is 39.0 Å². The lowest BCUT2D eigenvalue weighted by atomic mass is 10.0. The van der Waals surface area contributed by atoms with Crippen LogP contribution in [0.1, 0.15) is 39.0 Å². The van der Waals surface area contributed by atoms with Gasteiger partial charge in [0.1, 0.15) is 6.61 Å². The molecule has 0 aliphatic carbocycles. The average molecular weight is 280 g/mol. The number of hydrogen-bond donors (Lipinski definition) is 0. The molecule has 20 heavy (non-hydrogen) atoms. The quantitative estimate of drug-likeness (QED) is 0.833. The maximum Gasteiger partial charge on any atom is 0.416 e. The third-order valence-corrected chi connectivity index (χ3v) is 3.20. The Morgan fingerprint density at radius 3 is 3.05 bits per heavy atom. The van der Waals surface area contributed by atoms with E-state index in [9.17, 15) is 9.59 Å². The monoisotopic (exact) mass is 280 g/mol. The van der Waals surface area contributed by atoms with Crippen LogP contribution in [-0.2, 0) is 16.0 Å². The summed E-state index contributed by atoms with van der Waals surface area (Å²) < 4.78 is 42.3. The predicted molar refractivity (Wildman–Crippen MR) is 76.2 cm³/mol. The Kier molecular flexibility index (Phi) is 3.00. The molecule has 1 fully saturated rings. The molecule has 1 saturated heterocycles. The summed E-state index contributed by atoms with van der Waals surface area (Å²) in [5.41, 5.74) is 0.940. The fourth-order valence-electron chi connectivity index (χ4n) is 2.17. The number of carbonyl (C=O) groups excluding carboxylic acids is 2. The van der Waals surface area contributed by atoms with Crippen LogP contribution < -0.4 is 0 Å².